The molecule has 0 aromatic heterocycles. The molecule has 0 heterocycles. The van der Waals surface area contributed by atoms with Gasteiger partial charge in [-0.3, -0.25) is 4.79 Å². The minimum Gasteiger partial charge on any atom is -0.481 e. The summed E-state index contributed by atoms with van der Waals surface area (Å²) in [5.41, 5.74) is 5.96. The van der Waals surface area contributed by atoms with Crippen molar-refractivity contribution in [3.05, 3.63) is 0 Å². The van der Waals surface area contributed by atoms with E-state index in [9.17, 15) is 9.59 Å². The molecule has 1 aliphatic rings. The average molecular weight is 271 g/mol. The van der Waals surface area contributed by atoms with E-state index in [4.69, 9.17) is 10.8 Å². The molecule has 3 unspecified atom stereocenters. The topological polar surface area (TPSA) is 104 Å². The summed E-state index contributed by atoms with van der Waals surface area (Å²) in [4.78, 5) is 22.2. The normalized spacial score (nSPS) is 24.5. The van der Waals surface area contributed by atoms with E-state index in [1.165, 1.54) is 0 Å². The first-order valence-corrected chi connectivity index (χ1v) is 7.03. The van der Waals surface area contributed by atoms with Crippen LogP contribution in [0.25, 0.3) is 0 Å². The van der Waals surface area contributed by atoms with Crippen molar-refractivity contribution < 1.29 is 14.7 Å². The van der Waals surface area contributed by atoms with Crippen LogP contribution >= 0.6 is 0 Å². The number of carboxylic acid groups (broad SMARTS) is 1. The summed E-state index contributed by atoms with van der Waals surface area (Å²) < 4.78 is 0. The number of nitrogens with one attached hydrogen (secondary N) is 2. The Bertz CT molecular complexity index is 310. The van der Waals surface area contributed by atoms with Crippen molar-refractivity contribution in [2.45, 2.75) is 70.0 Å². The zero-order valence-corrected chi connectivity index (χ0v) is 11.5. The van der Waals surface area contributed by atoms with Crippen molar-refractivity contribution in [2.24, 2.45) is 5.73 Å². The third-order valence-electron chi connectivity index (χ3n) is 3.54. The second kappa shape index (κ2) is 7.99. The number of hydrogen-bond donors (Lipinski definition) is 4. The van der Waals surface area contributed by atoms with Crippen molar-refractivity contribution in [2.75, 3.05) is 0 Å². The SMILES string of the molecule is CC(CCCC(=O)O)NC(=O)NC1CCCCC1N. The quantitative estimate of drug-likeness (QED) is 0.582. The van der Waals surface area contributed by atoms with Crippen molar-refractivity contribution in [1.29, 1.82) is 0 Å². The molecule has 0 bridgehead atoms. The van der Waals surface area contributed by atoms with Crippen LogP contribution < -0.4 is 16.4 Å². The van der Waals surface area contributed by atoms with E-state index in [2.05, 4.69) is 10.6 Å². The first-order chi connectivity index (χ1) is 8.99. The van der Waals surface area contributed by atoms with E-state index in [-0.39, 0.29) is 30.6 Å². The van der Waals surface area contributed by atoms with Crippen LogP contribution in [0.15, 0.2) is 0 Å². The molecule has 0 saturated heterocycles. The Hall–Kier alpha value is -1.30. The predicted octanol–water partition coefficient (Wildman–Crippen LogP) is 1.20. The smallest absolute Gasteiger partial charge is 0.315 e. The van der Waals surface area contributed by atoms with Crippen LogP contribution in [0.4, 0.5) is 4.79 Å². The van der Waals surface area contributed by atoms with Crippen molar-refractivity contribution >= 4 is 12.0 Å². The molecule has 0 aliphatic heterocycles. The molecule has 3 atom stereocenters. The molecular weight excluding hydrogens is 246 g/mol. The third-order valence-corrected chi connectivity index (χ3v) is 3.54. The van der Waals surface area contributed by atoms with Gasteiger partial charge >= 0.3 is 12.0 Å². The van der Waals surface area contributed by atoms with Crippen LogP contribution in [0.2, 0.25) is 0 Å². The van der Waals surface area contributed by atoms with Gasteiger partial charge in [-0.2, -0.15) is 0 Å². The molecule has 1 rings (SSSR count). The van der Waals surface area contributed by atoms with Gasteiger partial charge in [-0.25, -0.2) is 4.79 Å². The summed E-state index contributed by atoms with van der Waals surface area (Å²) in [6.45, 7) is 1.88. The number of carboxylic acids is 1. The van der Waals surface area contributed by atoms with Crippen LogP contribution in [0, 0.1) is 0 Å². The first-order valence-electron chi connectivity index (χ1n) is 7.03. The molecule has 5 N–H and O–H groups in total. The lowest BCUT2D eigenvalue weighted by molar-refractivity contribution is -0.137. The monoisotopic (exact) mass is 271 g/mol. The zero-order chi connectivity index (χ0) is 14.3. The number of urea groups is 1. The highest BCUT2D eigenvalue weighted by Crippen LogP contribution is 2.16. The molecule has 0 spiro atoms. The fourth-order valence-electron chi connectivity index (χ4n) is 2.40. The van der Waals surface area contributed by atoms with E-state index in [0.717, 1.165) is 25.7 Å². The number of carbonyl (C=O) groups is 2. The maximum atomic E-state index is 11.8. The number of carbonyl (C=O) groups excluding carboxylic acids is 1. The Morgan fingerprint density at radius 2 is 2.05 bits per heavy atom. The number of nitrogens with two attached hydrogens (primary N) is 1. The van der Waals surface area contributed by atoms with Gasteiger partial charge < -0.3 is 21.5 Å². The van der Waals surface area contributed by atoms with Gasteiger partial charge in [-0.1, -0.05) is 12.8 Å². The molecule has 19 heavy (non-hydrogen) atoms. The van der Waals surface area contributed by atoms with E-state index in [1.807, 2.05) is 6.92 Å². The molecule has 1 fully saturated rings. The molecule has 0 aromatic rings. The molecule has 110 valence electrons. The molecule has 1 aliphatic carbocycles. The third kappa shape index (κ3) is 6.42. The number of rotatable bonds is 6. The first kappa shape index (κ1) is 15.8. The molecule has 6 heteroatoms. The molecule has 0 aromatic carbocycles. The highest BCUT2D eigenvalue weighted by atomic mass is 16.4. The number of aliphatic carboxylic acids is 1. The van der Waals surface area contributed by atoms with Crippen LogP contribution in [-0.4, -0.2) is 35.2 Å². The van der Waals surface area contributed by atoms with E-state index >= 15 is 0 Å². The summed E-state index contributed by atoms with van der Waals surface area (Å²) in [6, 6.07) is -0.133. The van der Waals surface area contributed by atoms with Gasteiger partial charge in [0.05, 0.1) is 0 Å². The lowest BCUT2D eigenvalue weighted by Gasteiger charge is -2.29. The number of amides is 2. The summed E-state index contributed by atoms with van der Waals surface area (Å²) in [6.07, 6.45) is 5.50. The molecule has 6 nitrogen and oxygen atoms in total. The fourth-order valence-corrected chi connectivity index (χ4v) is 2.40. The highest BCUT2D eigenvalue weighted by Gasteiger charge is 2.23. The van der Waals surface area contributed by atoms with Gasteiger partial charge in [0.25, 0.3) is 0 Å². The Morgan fingerprint density at radius 1 is 1.37 bits per heavy atom. The van der Waals surface area contributed by atoms with Gasteiger partial charge in [-0.05, 0) is 32.6 Å². The molecule has 0 radical (unpaired) electrons. The van der Waals surface area contributed by atoms with E-state index in [0.29, 0.717) is 12.8 Å². The summed E-state index contributed by atoms with van der Waals surface area (Å²) in [7, 11) is 0. The largest absolute Gasteiger partial charge is 0.481 e. The van der Waals surface area contributed by atoms with Gasteiger partial charge in [-0.15, -0.1) is 0 Å². The number of hydrogen-bond acceptors (Lipinski definition) is 3. The second-order valence-corrected chi connectivity index (χ2v) is 5.36. The van der Waals surface area contributed by atoms with Gasteiger partial charge in [0.15, 0.2) is 0 Å². The van der Waals surface area contributed by atoms with Crippen LogP contribution in [-0.2, 0) is 4.79 Å². The van der Waals surface area contributed by atoms with Crippen molar-refractivity contribution in [3.8, 4) is 0 Å². The van der Waals surface area contributed by atoms with Crippen LogP contribution in [0.1, 0.15) is 51.9 Å². The van der Waals surface area contributed by atoms with Gasteiger partial charge in [0.2, 0.25) is 0 Å². The van der Waals surface area contributed by atoms with Crippen molar-refractivity contribution in [3.63, 3.8) is 0 Å². The molecule has 1 saturated carbocycles. The minimum atomic E-state index is -0.801. The van der Waals surface area contributed by atoms with Crippen LogP contribution in [0.5, 0.6) is 0 Å². The summed E-state index contributed by atoms with van der Waals surface area (Å²) >= 11 is 0. The molecular formula is C13H25N3O3. The lowest BCUT2D eigenvalue weighted by atomic mass is 9.91. The maximum absolute atomic E-state index is 11.8. The highest BCUT2D eigenvalue weighted by molar-refractivity contribution is 5.74. The Kier molecular flexibility index (Phi) is 6.62. The summed E-state index contributed by atoms with van der Waals surface area (Å²) in [5, 5.41) is 14.3. The Morgan fingerprint density at radius 3 is 2.68 bits per heavy atom. The van der Waals surface area contributed by atoms with Gasteiger partial charge in [0, 0.05) is 24.5 Å². The second-order valence-electron chi connectivity index (χ2n) is 5.36. The van der Waals surface area contributed by atoms with Crippen LogP contribution in [0.3, 0.4) is 0 Å². The van der Waals surface area contributed by atoms with E-state index in [1.54, 1.807) is 0 Å². The molecule has 2 amide bonds. The zero-order valence-electron chi connectivity index (χ0n) is 11.5. The van der Waals surface area contributed by atoms with E-state index < -0.39 is 5.97 Å². The average Bonchev–Trinajstić information content (AvgIpc) is 2.31. The maximum Gasteiger partial charge on any atom is 0.315 e. The predicted molar refractivity (Wildman–Crippen MR) is 72.8 cm³/mol. The minimum absolute atomic E-state index is 0.0286. The fraction of sp³-hybridized carbons (Fsp3) is 0.846. The summed E-state index contributed by atoms with van der Waals surface area (Å²) in [5.74, 6) is -0.801. The Labute approximate surface area is 114 Å². The standard InChI is InChI=1S/C13H25N3O3/c1-9(5-4-8-12(17)18)15-13(19)16-11-7-3-2-6-10(11)14/h9-11H,2-8,14H2,1H3,(H,17,18)(H2,15,16,19). The van der Waals surface area contributed by atoms with Crippen molar-refractivity contribution in [1.82, 2.24) is 10.6 Å². The lowest BCUT2D eigenvalue weighted by Crippen LogP contribution is -2.53. The Balaban J connectivity index is 2.20. The van der Waals surface area contributed by atoms with Gasteiger partial charge in [0.1, 0.15) is 0 Å².